The molecule has 0 aromatic heterocycles. The van der Waals surface area contributed by atoms with Gasteiger partial charge in [0.1, 0.15) is 0 Å². The summed E-state index contributed by atoms with van der Waals surface area (Å²) >= 11 is 0. The summed E-state index contributed by atoms with van der Waals surface area (Å²) in [5, 5.41) is 0. The molecule has 2 aromatic carbocycles. The SMILES string of the molecule is CC.CCCC.NCc1ccc(C(F)(F)F)cc1-c1ccccc1. The lowest BCUT2D eigenvalue weighted by Gasteiger charge is -2.12. The topological polar surface area (TPSA) is 26.0 Å². The summed E-state index contributed by atoms with van der Waals surface area (Å²) in [4.78, 5) is 0. The van der Waals surface area contributed by atoms with E-state index in [4.69, 9.17) is 5.73 Å². The molecule has 2 aromatic rings. The molecule has 0 aliphatic heterocycles. The average Bonchev–Trinajstić information content (AvgIpc) is 2.63. The lowest BCUT2D eigenvalue weighted by atomic mass is 9.97. The monoisotopic (exact) mass is 339 g/mol. The molecule has 0 aliphatic rings. The van der Waals surface area contributed by atoms with Crippen LogP contribution in [0.1, 0.15) is 51.7 Å². The van der Waals surface area contributed by atoms with Crippen LogP contribution in [0.15, 0.2) is 48.5 Å². The van der Waals surface area contributed by atoms with Crippen LogP contribution in [0.25, 0.3) is 11.1 Å². The Morgan fingerprint density at radius 3 is 1.83 bits per heavy atom. The van der Waals surface area contributed by atoms with Gasteiger partial charge in [-0.15, -0.1) is 0 Å². The van der Waals surface area contributed by atoms with Crippen molar-refractivity contribution in [2.75, 3.05) is 0 Å². The van der Waals surface area contributed by atoms with Crippen LogP contribution in [0.5, 0.6) is 0 Å². The lowest BCUT2D eigenvalue weighted by molar-refractivity contribution is -0.137. The van der Waals surface area contributed by atoms with Gasteiger partial charge in [0.2, 0.25) is 0 Å². The Hall–Kier alpha value is -1.81. The first-order chi connectivity index (χ1) is 11.4. The Bertz CT molecular complexity index is 561. The van der Waals surface area contributed by atoms with Crippen LogP contribution in [0, 0.1) is 0 Å². The molecule has 0 spiro atoms. The molecule has 0 aliphatic carbocycles. The van der Waals surface area contributed by atoms with Crippen LogP contribution < -0.4 is 5.73 Å². The molecule has 24 heavy (non-hydrogen) atoms. The Balaban J connectivity index is 0.000000773. The third kappa shape index (κ3) is 7.18. The quantitative estimate of drug-likeness (QED) is 0.664. The number of hydrogen-bond acceptors (Lipinski definition) is 1. The van der Waals surface area contributed by atoms with Gasteiger partial charge in [0.15, 0.2) is 0 Å². The first kappa shape index (κ1) is 22.2. The third-order valence-electron chi connectivity index (χ3n) is 3.24. The van der Waals surface area contributed by atoms with E-state index in [0.717, 1.165) is 17.7 Å². The molecule has 2 rings (SSSR count). The average molecular weight is 339 g/mol. The number of nitrogens with two attached hydrogens (primary N) is 1. The molecule has 0 amide bonds. The molecule has 0 saturated heterocycles. The van der Waals surface area contributed by atoms with Crippen molar-refractivity contribution in [1.29, 1.82) is 0 Å². The maximum Gasteiger partial charge on any atom is 0.416 e. The van der Waals surface area contributed by atoms with E-state index in [1.807, 2.05) is 19.9 Å². The Morgan fingerprint density at radius 2 is 1.42 bits per heavy atom. The summed E-state index contributed by atoms with van der Waals surface area (Å²) in [5.41, 5.74) is 6.89. The van der Waals surface area contributed by atoms with Crippen LogP contribution in [0.2, 0.25) is 0 Å². The predicted molar refractivity (Wildman–Crippen MR) is 96.7 cm³/mol. The number of unbranched alkanes of at least 4 members (excludes halogenated alkanes) is 1. The lowest BCUT2D eigenvalue weighted by Crippen LogP contribution is -2.07. The normalized spacial score (nSPS) is 10.2. The molecule has 2 N–H and O–H groups in total. The Labute approximate surface area is 143 Å². The van der Waals surface area contributed by atoms with Crippen molar-refractivity contribution >= 4 is 0 Å². The van der Waals surface area contributed by atoms with Gasteiger partial charge in [0.25, 0.3) is 0 Å². The number of hydrogen-bond donors (Lipinski definition) is 1. The van der Waals surface area contributed by atoms with Crippen molar-refractivity contribution in [3.8, 4) is 11.1 Å². The summed E-state index contributed by atoms with van der Waals surface area (Å²) in [7, 11) is 0. The molecule has 4 heteroatoms. The third-order valence-corrected chi connectivity index (χ3v) is 3.24. The van der Waals surface area contributed by atoms with Crippen LogP contribution in [-0.4, -0.2) is 0 Å². The molecule has 134 valence electrons. The van der Waals surface area contributed by atoms with E-state index >= 15 is 0 Å². The van der Waals surface area contributed by atoms with E-state index in [9.17, 15) is 13.2 Å². The molecule has 0 fully saturated rings. The minimum atomic E-state index is -4.34. The maximum absolute atomic E-state index is 12.7. The van der Waals surface area contributed by atoms with Crippen LogP contribution in [0.3, 0.4) is 0 Å². The second-order valence-electron chi connectivity index (χ2n) is 4.94. The molecule has 0 heterocycles. The van der Waals surface area contributed by atoms with Crippen molar-refractivity contribution in [1.82, 2.24) is 0 Å². The number of alkyl halides is 3. The second-order valence-corrected chi connectivity index (χ2v) is 4.94. The second kappa shape index (κ2) is 11.7. The van der Waals surface area contributed by atoms with Crippen molar-refractivity contribution in [3.05, 3.63) is 59.7 Å². The van der Waals surface area contributed by atoms with Gasteiger partial charge in [0, 0.05) is 6.54 Å². The first-order valence-corrected chi connectivity index (χ1v) is 8.39. The fraction of sp³-hybridized carbons (Fsp3) is 0.400. The van der Waals surface area contributed by atoms with Gasteiger partial charge in [-0.25, -0.2) is 0 Å². The van der Waals surface area contributed by atoms with E-state index in [-0.39, 0.29) is 6.54 Å². The fourth-order valence-corrected chi connectivity index (χ4v) is 1.82. The largest absolute Gasteiger partial charge is 0.416 e. The molecule has 0 unspecified atom stereocenters. The van der Waals surface area contributed by atoms with E-state index in [1.54, 1.807) is 24.3 Å². The molecule has 0 bridgehead atoms. The summed E-state index contributed by atoms with van der Waals surface area (Å²) in [5.74, 6) is 0. The van der Waals surface area contributed by atoms with Crippen molar-refractivity contribution in [3.63, 3.8) is 0 Å². The summed E-state index contributed by atoms with van der Waals surface area (Å²) < 4.78 is 38.1. The Morgan fingerprint density at radius 1 is 0.875 bits per heavy atom. The minimum Gasteiger partial charge on any atom is -0.326 e. The van der Waals surface area contributed by atoms with Gasteiger partial charge in [0.05, 0.1) is 5.56 Å². The molecule has 0 saturated carbocycles. The highest BCUT2D eigenvalue weighted by molar-refractivity contribution is 5.68. The minimum absolute atomic E-state index is 0.211. The van der Waals surface area contributed by atoms with Gasteiger partial charge >= 0.3 is 6.18 Å². The zero-order valence-corrected chi connectivity index (χ0v) is 15.0. The van der Waals surface area contributed by atoms with Gasteiger partial charge < -0.3 is 5.73 Å². The van der Waals surface area contributed by atoms with Crippen LogP contribution in [0.4, 0.5) is 13.2 Å². The zero-order valence-electron chi connectivity index (χ0n) is 15.0. The number of rotatable bonds is 3. The highest BCUT2D eigenvalue weighted by atomic mass is 19.4. The molecule has 0 radical (unpaired) electrons. The zero-order chi connectivity index (χ0) is 18.6. The van der Waals surface area contributed by atoms with Crippen LogP contribution in [-0.2, 0) is 12.7 Å². The highest BCUT2D eigenvalue weighted by Gasteiger charge is 2.30. The highest BCUT2D eigenvalue weighted by Crippen LogP contribution is 2.33. The molecular weight excluding hydrogens is 311 g/mol. The summed E-state index contributed by atoms with van der Waals surface area (Å²) in [6.07, 6.45) is -1.70. The van der Waals surface area contributed by atoms with Gasteiger partial charge in [-0.3, -0.25) is 0 Å². The van der Waals surface area contributed by atoms with Crippen molar-refractivity contribution < 1.29 is 13.2 Å². The fourth-order valence-electron chi connectivity index (χ4n) is 1.82. The molecule has 0 atom stereocenters. The summed E-state index contributed by atoms with van der Waals surface area (Å²) in [6, 6.07) is 12.6. The molecular formula is C20H28F3N. The van der Waals surface area contributed by atoms with E-state index in [0.29, 0.717) is 11.1 Å². The first-order valence-electron chi connectivity index (χ1n) is 8.39. The summed E-state index contributed by atoms with van der Waals surface area (Å²) in [6.45, 7) is 8.57. The van der Waals surface area contributed by atoms with Gasteiger partial charge in [-0.2, -0.15) is 13.2 Å². The van der Waals surface area contributed by atoms with Crippen molar-refractivity contribution in [2.45, 2.75) is 53.3 Å². The van der Waals surface area contributed by atoms with Crippen LogP contribution >= 0.6 is 0 Å². The van der Waals surface area contributed by atoms with E-state index < -0.39 is 11.7 Å². The van der Waals surface area contributed by atoms with E-state index in [1.165, 1.54) is 18.9 Å². The van der Waals surface area contributed by atoms with Crippen molar-refractivity contribution in [2.24, 2.45) is 5.73 Å². The van der Waals surface area contributed by atoms with Gasteiger partial charge in [-0.05, 0) is 28.8 Å². The number of benzene rings is 2. The smallest absolute Gasteiger partial charge is 0.326 e. The van der Waals surface area contributed by atoms with E-state index in [2.05, 4.69) is 13.8 Å². The van der Waals surface area contributed by atoms with Gasteiger partial charge in [-0.1, -0.05) is 76.9 Å². The standard InChI is InChI=1S/C14H12F3N.C4H10.C2H6/c15-14(16,17)12-7-6-11(9-18)13(8-12)10-4-2-1-3-5-10;1-3-4-2;1-2/h1-8H,9,18H2;3-4H2,1-2H3;1-2H3. The number of halogens is 3. The molecule has 1 nitrogen and oxygen atoms in total. The maximum atomic E-state index is 12.7. The Kier molecular flexibility index (Phi) is 10.8. The predicted octanol–water partition coefficient (Wildman–Crippen LogP) is 6.66.